The monoisotopic (exact) mass is 273 g/mol. The molecule has 0 fully saturated rings. The number of hydrogen-bond donors (Lipinski definition) is 1. The van der Waals surface area contributed by atoms with Crippen LogP contribution in [-0.4, -0.2) is 24.9 Å². The number of benzene rings is 1. The van der Waals surface area contributed by atoms with Crippen molar-refractivity contribution in [2.45, 2.75) is 25.1 Å². The summed E-state index contributed by atoms with van der Waals surface area (Å²) in [5, 5.41) is 2.49. The molecule has 5 heteroatoms. The Balaban J connectivity index is 2.61. The third-order valence-electron chi connectivity index (χ3n) is 2.51. The number of hydrogen-bond acceptors (Lipinski definition) is 2. The van der Waals surface area contributed by atoms with E-state index in [4.69, 9.17) is 16.3 Å². The Morgan fingerprint density at radius 1 is 1.56 bits per heavy atom. The first-order valence-electron chi connectivity index (χ1n) is 5.84. The highest BCUT2D eigenvalue weighted by Gasteiger charge is 2.13. The summed E-state index contributed by atoms with van der Waals surface area (Å²) < 4.78 is 18.5. The van der Waals surface area contributed by atoms with Crippen LogP contribution in [0.5, 0.6) is 5.75 Å². The van der Waals surface area contributed by atoms with Crippen LogP contribution in [0.1, 0.15) is 30.1 Å². The number of carbonyl (C=O) groups is 1. The van der Waals surface area contributed by atoms with Crippen LogP contribution in [0.3, 0.4) is 0 Å². The maximum atomic E-state index is 13.6. The number of amides is 1. The standard InChI is InChI=1S/C13H17ClFNO2/c1-3-4-9(14)8-16-13(17)11-6-5-10(18-2)7-12(11)15/h5-7,9H,3-4,8H2,1-2H3,(H,16,17). The van der Waals surface area contributed by atoms with Crippen molar-refractivity contribution in [2.75, 3.05) is 13.7 Å². The SMILES string of the molecule is CCCC(Cl)CNC(=O)c1ccc(OC)cc1F. The van der Waals surface area contributed by atoms with Gasteiger partial charge < -0.3 is 10.1 Å². The van der Waals surface area contributed by atoms with Crippen LogP contribution in [-0.2, 0) is 0 Å². The summed E-state index contributed by atoms with van der Waals surface area (Å²) in [7, 11) is 1.44. The lowest BCUT2D eigenvalue weighted by atomic mass is 10.2. The van der Waals surface area contributed by atoms with E-state index in [1.165, 1.54) is 19.2 Å². The molecule has 0 spiro atoms. The lowest BCUT2D eigenvalue weighted by molar-refractivity contribution is 0.0949. The first-order valence-corrected chi connectivity index (χ1v) is 6.28. The molecular formula is C13H17ClFNO2. The average Bonchev–Trinajstić information content (AvgIpc) is 2.36. The second-order valence-corrected chi connectivity index (χ2v) is 4.56. The van der Waals surface area contributed by atoms with Crippen molar-refractivity contribution in [1.82, 2.24) is 5.32 Å². The van der Waals surface area contributed by atoms with Crippen LogP contribution >= 0.6 is 11.6 Å². The van der Waals surface area contributed by atoms with E-state index in [-0.39, 0.29) is 10.9 Å². The van der Waals surface area contributed by atoms with E-state index in [1.807, 2.05) is 6.92 Å². The molecule has 1 N–H and O–H groups in total. The van der Waals surface area contributed by atoms with Crippen molar-refractivity contribution < 1.29 is 13.9 Å². The Labute approximate surface area is 111 Å². The van der Waals surface area contributed by atoms with E-state index in [0.29, 0.717) is 12.3 Å². The minimum absolute atomic E-state index is 0.00355. The number of halogens is 2. The maximum absolute atomic E-state index is 13.6. The molecule has 0 saturated heterocycles. The quantitative estimate of drug-likeness (QED) is 0.809. The number of ether oxygens (including phenoxy) is 1. The highest BCUT2D eigenvalue weighted by Crippen LogP contribution is 2.16. The topological polar surface area (TPSA) is 38.3 Å². The Bertz CT molecular complexity index is 412. The number of nitrogens with one attached hydrogen (secondary N) is 1. The molecule has 0 heterocycles. The van der Waals surface area contributed by atoms with Gasteiger partial charge in [-0.25, -0.2) is 4.39 Å². The molecule has 100 valence electrons. The fourth-order valence-electron chi connectivity index (χ4n) is 1.52. The predicted octanol–water partition coefficient (Wildman–Crippen LogP) is 2.97. The van der Waals surface area contributed by atoms with Gasteiger partial charge in [0.1, 0.15) is 11.6 Å². The van der Waals surface area contributed by atoms with Gasteiger partial charge >= 0.3 is 0 Å². The molecule has 1 rings (SSSR count). The summed E-state index contributed by atoms with van der Waals surface area (Å²) in [5.74, 6) is -0.685. The normalized spacial score (nSPS) is 12.0. The van der Waals surface area contributed by atoms with Crippen LogP contribution < -0.4 is 10.1 Å². The van der Waals surface area contributed by atoms with Crippen LogP contribution in [0.15, 0.2) is 18.2 Å². The minimum atomic E-state index is -0.603. The van der Waals surface area contributed by atoms with Crippen molar-refractivity contribution in [3.05, 3.63) is 29.6 Å². The summed E-state index contributed by atoms with van der Waals surface area (Å²) in [5.41, 5.74) is -0.00355. The molecule has 1 amide bonds. The van der Waals surface area contributed by atoms with E-state index in [9.17, 15) is 9.18 Å². The van der Waals surface area contributed by atoms with E-state index < -0.39 is 11.7 Å². The Kier molecular flexibility index (Phi) is 5.92. The molecule has 0 aliphatic rings. The minimum Gasteiger partial charge on any atom is -0.497 e. The van der Waals surface area contributed by atoms with Gasteiger partial charge in [0.15, 0.2) is 0 Å². The van der Waals surface area contributed by atoms with Gasteiger partial charge in [-0.15, -0.1) is 11.6 Å². The lowest BCUT2D eigenvalue weighted by Crippen LogP contribution is -2.30. The molecule has 18 heavy (non-hydrogen) atoms. The van der Waals surface area contributed by atoms with Crippen LogP contribution in [0.2, 0.25) is 0 Å². The summed E-state index contributed by atoms with van der Waals surface area (Å²) >= 11 is 5.97. The van der Waals surface area contributed by atoms with Gasteiger partial charge in [0.2, 0.25) is 0 Å². The molecule has 0 aliphatic heterocycles. The molecule has 0 radical (unpaired) electrons. The van der Waals surface area contributed by atoms with Gasteiger partial charge in [-0.1, -0.05) is 13.3 Å². The fourth-order valence-corrected chi connectivity index (χ4v) is 1.82. The fraction of sp³-hybridized carbons (Fsp3) is 0.462. The zero-order chi connectivity index (χ0) is 13.5. The second-order valence-electron chi connectivity index (χ2n) is 3.94. The number of alkyl halides is 1. The van der Waals surface area contributed by atoms with Crippen LogP contribution in [0.4, 0.5) is 4.39 Å². The largest absolute Gasteiger partial charge is 0.497 e. The Morgan fingerprint density at radius 2 is 2.28 bits per heavy atom. The molecule has 0 bridgehead atoms. The molecule has 1 aromatic rings. The van der Waals surface area contributed by atoms with Crippen LogP contribution in [0, 0.1) is 5.82 Å². The molecule has 3 nitrogen and oxygen atoms in total. The molecule has 1 aromatic carbocycles. The zero-order valence-electron chi connectivity index (χ0n) is 10.5. The van der Waals surface area contributed by atoms with Gasteiger partial charge in [0.25, 0.3) is 5.91 Å². The Hall–Kier alpha value is -1.29. The lowest BCUT2D eigenvalue weighted by Gasteiger charge is -2.10. The summed E-state index contributed by atoms with van der Waals surface area (Å²) in [6, 6.07) is 4.12. The van der Waals surface area contributed by atoms with Gasteiger partial charge in [0, 0.05) is 12.6 Å². The Morgan fingerprint density at radius 3 is 2.83 bits per heavy atom. The van der Waals surface area contributed by atoms with E-state index in [0.717, 1.165) is 12.8 Å². The van der Waals surface area contributed by atoms with E-state index in [1.54, 1.807) is 6.07 Å². The molecule has 0 aliphatic carbocycles. The third-order valence-corrected chi connectivity index (χ3v) is 2.88. The highest BCUT2D eigenvalue weighted by molar-refractivity contribution is 6.20. The highest BCUT2D eigenvalue weighted by atomic mass is 35.5. The number of methoxy groups -OCH3 is 1. The van der Waals surface area contributed by atoms with Gasteiger partial charge in [-0.2, -0.15) is 0 Å². The van der Waals surface area contributed by atoms with Gasteiger partial charge in [-0.3, -0.25) is 4.79 Å². The van der Waals surface area contributed by atoms with Crippen LogP contribution in [0.25, 0.3) is 0 Å². The third kappa shape index (κ3) is 4.18. The maximum Gasteiger partial charge on any atom is 0.254 e. The average molecular weight is 274 g/mol. The molecule has 1 atom stereocenters. The van der Waals surface area contributed by atoms with E-state index in [2.05, 4.69) is 5.32 Å². The molecule has 1 unspecified atom stereocenters. The first-order chi connectivity index (χ1) is 8.58. The van der Waals surface area contributed by atoms with E-state index >= 15 is 0 Å². The zero-order valence-corrected chi connectivity index (χ0v) is 11.3. The van der Waals surface area contributed by atoms with Crippen molar-refractivity contribution in [1.29, 1.82) is 0 Å². The van der Waals surface area contributed by atoms with Crippen molar-refractivity contribution in [3.63, 3.8) is 0 Å². The number of carbonyl (C=O) groups excluding carboxylic acids is 1. The molecular weight excluding hydrogens is 257 g/mol. The van der Waals surface area contributed by atoms with Gasteiger partial charge in [-0.05, 0) is 18.6 Å². The summed E-state index contributed by atoms with van der Waals surface area (Å²) in [4.78, 5) is 11.7. The summed E-state index contributed by atoms with van der Waals surface area (Å²) in [6.45, 7) is 2.35. The van der Waals surface area contributed by atoms with Crippen molar-refractivity contribution in [2.24, 2.45) is 0 Å². The first kappa shape index (κ1) is 14.8. The van der Waals surface area contributed by atoms with Crippen molar-refractivity contribution >= 4 is 17.5 Å². The smallest absolute Gasteiger partial charge is 0.254 e. The van der Waals surface area contributed by atoms with Crippen molar-refractivity contribution in [3.8, 4) is 5.75 Å². The summed E-state index contributed by atoms with van der Waals surface area (Å²) in [6.07, 6.45) is 1.76. The van der Waals surface area contributed by atoms with Gasteiger partial charge in [0.05, 0.1) is 18.1 Å². The molecule has 0 aromatic heterocycles. The second kappa shape index (κ2) is 7.21. The number of rotatable bonds is 6. The molecule has 0 saturated carbocycles. The predicted molar refractivity (Wildman–Crippen MR) is 69.8 cm³/mol.